The van der Waals surface area contributed by atoms with E-state index in [1.54, 1.807) is 19.4 Å². The molecule has 1 unspecified atom stereocenters. The number of nitrogens with zero attached hydrogens (tertiary/aromatic N) is 2. The molecule has 5 nitrogen and oxygen atoms in total. The highest BCUT2D eigenvalue weighted by Gasteiger charge is 2.14. The third-order valence-corrected chi connectivity index (χ3v) is 3.16. The van der Waals surface area contributed by atoms with Gasteiger partial charge in [-0.05, 0) is 25.5 Å². The van der Waals surface area contributed by atoms with Gasteiger partial charge in [0.15, 0.2) is 0 Å². The van der Waals surface area contributed by atoms with E-state index in [0.717, 1.165) is 22.4 Å². The second-order valence-electron chi connectivity index (χ2n) is 4.91. The molecule has 2 aromatic rings. The van der Waals surface area contributed by atoms with Gasteiger partial charge in [-0.3, -0.25) is 4.79 Å². The van der Waals surface area contributed by atoms with E-state index in [0.29, 0.717) is 6.54 Å². The zero-order valence-electron chi connectivity index (χ0n) is 12.0. The van der Waals surface area contributed by atoms with Crippen molar-refractivity contribution >= 4 is 0 Å². The summed E-state index contributed by atoms with van der Waals surface area (Å²) >= 11 is 0. The lowest BCUT2D eigenvalue weighted by Gasteiger charge is -2.17. The Morgan fingerprint density at radius 1 is 1.30 bits per heavy atom. The fourth-order valence-electron chi connectivity index (χ4n) is 2.09. The van der Waals surface area contributed by atoms with Gasteiger partial charge in [0.1, 0.15) is 5.75 Å². The van der Waals surface area contributed by atoms with Crippen LogP contribution in [0.2, 0.25) is 0 Å². The summed E-state index contributed by atoms with van der Waals surface area (Å²) in [5.74, 6) is 0.725. The van der Waals surface area contributed by atoms with E-state index in [2.05, 4.69) is 5.10 Å². The Bertz CT molecular complexity index is 664. The molecule has 20 heavy (non-hydrogen) atoms. The van der Waals surface area contributed by atoms with Crippen molar-refractivity contribution in [1.82, 2.24) is 9.78 Å². The van der Waals surface area contributed by atoms with Crippen molar-refractivity contribution in [2.24, 2.45) is 5.73 Å². The maximum absolute atomic E-state index is 11.8. The average Bonchev–Trinajstić information content (AvgIpc) is 2.41. The molecule has 2 rings (SSSR count). The van der Waals surface area contributed by atoms with Crippen LogP contribution in [-0.4, -0.2) is 16.9 Å². The third-order valence-electron chi connectivity index (χ3n) is 3.16. The van der Waals surface area contributed by atoms with E-state index in [9.17, 15) is 4.79 Å². The molecule has 0 saturated carbocycles. The van der Waals surface area contributed by atoms with Crippen LogP contribution in [0.15, 0.2) is 35.3 Å². The summed E-state index contributed by atoms with van der Waals surface area (Å²) in [5.41, 5.74) is 8.87. The van der Waals surface area contributed by atoms with Gasteiger partial charge in [-0.25, -0.2) is 4.68 Å². The van der Waals surface area contributed by atoms with Crippen LogP contribution in [0.3, 0.4) is 0 Å². The first-order valence-corrected chi connectivity index (χ1v) is 6.45. The number of methoxy groups -OCH3 is 1. The van der Waals surface area contributed by atoms with Crippen molar-refractivity contribution in [1.29, 1.82) is 0 Å². The van der Waals surface area contributed by atoms with Gasteiger partial charge in [-0.15, -0.1) is 0 Å². The quantitative estimate of drug-likeness (QED) is 0.918. The first-order chi connectivity index (χ1) is 9.51. The summed E-state index contributed by atoms with van der Waals surface area (Å²) in [7, 11) is 1.61. The molecule has 1 aromatic carbocycles. The Balaban J connectivity index is 2.30. The van der Waals surface area contributed by atoms with Crippen LogP contribution in [0.25, 0.3) is 0 Å². The minimum absolute atomic E-state index is 0.146. The Labute approximate surface area is 118 Å². The van der Waals surface area contributed by atoms with E-state index < -0.39 is 0 Å². The molecule has 0 fully saturated rings. The number of aryl methyl sites for hydroxylation is 2. The highest BCUT2D eigenvalue weighted by molar-refractivity contribution is 5.38. The minimum atomic E-state index is -0.349. The van der Waals surface area contributed by atoms with Gasteiger partial charge < -0.3 is 10.5 Å². The molecule has 1 atom stereocenters. The topological polar surface area (TPSA) is 70.1 Å². The van der Waals surface area contributed by atoms with Crippen LogP contribution in [0, 0.1) is 13.8 Å². The van der Waals surface area contributed by atoms with E-state index in [4.69, 9.17) is 10.5 Å². The van der Waals surface area contributed by atoms with Gasteiger partial charge >= 0.3 is 0 Å². The number of benzene rings is 1. The molecule has 0 aliphatic heterocycles. The molecule has 0 aliphatic rings. The van der Waals surface area contributed by atoms with E-state index in [-0.39, 0.29) is 11.6 Å². The summed E-state index contributed by atoms with van der Waals surface area (Å²) in [6.07, 6.45) is 1.65. The Morgan fingerprint density at radius 2 is 2.05 bits per heavy atom. The molecule has 0 amide bonds. The van der Waals surface area contributed by atoms with Crippen LogP contribution in [0.4, 0.5) is 0 Å². The zero-order valence-corrected chi connectivity index (χ0v) is 12.0. The SMILES string of the molecule is COc1ccc(C)cc1C(N)Cn1ncc(C)cc1=O. The highest BCUT2D eigenvalue weighted by atomic mass is 16.5. The molecular weight excluding hydrogens is 254 g/mol. The van der Waals surface area contributed by atoms with E-state index in [1.807, 2.05) is 32.0 Å². The van der Waals surface area contributed by atoms with Crippen molar-refractivity contribution in [2.75, 3.05) is 7.11 Å². The van der Waals surface area contributed by atoms with Crippen molar-refractivity contribution in [3.05, 3.63) is 57.5 Å². The predicted octanol–water partition coefficient (Wildman–Crippen LogP) is 1.57. The van der Waals surface area contributed by atoms with Crippen molar-refractivity contribution < 1.29 is 4.74 Å². The number of rotatable bonds is 4. The van der Waals surface area contributed by atoms with Crippen LogP contribution in [-0.2, 0) is 6.54 Å². The Kier molecular flexibility index (Phi) is 4.20. The normalized spacial score (nSPS) is 12.2. The molecule has 0 saturated heterocycles. The van der Waals surface area contributed by atoms with Gasteiger partial charge in [-0.2, -0.15) is 5.10 Å². The minimum Gasteiger partial charge on any atom is -0.496 e. The van der Waals surface area contributed by atoms with Crippen LogP contribution in [0.1, 0.15) is 22.7 Å². The maximum atomic E-state index is 11.8. The first-order valence-electron chi connectivity index (χ1n) is 6.45. The zero-order chi connectivity index (χ0) is 14.7. The van der Waals surface area contributed by atoms with Crippen LogP contribution < -0.4 is 16.0 Å². The Hall–Kier alpha value is -2.14. The lowest BCUT2D eigenvalue weighted by molar-refractivity contribution is 0.399. The van der Waals surface area contributed by atoms with E-state index in [1.165, 1.54) is 4.68 Å². The number of hydrogen-bond donors (Lipinski definition) is 1. The summed E-state index contributed by atoms with van der Waals surface area (Å²) in [6.45, 7) is 4.15. The largest absolute Gasteiger partial charge is 0.496 e. The average molecular weight is 273 g/mol. The standard InChI is InChI=1S/C15H19N3O2/c1-10-4-5-14(20-3)12(6-10)13(16)9-18-15(19)7-11(2)8-17-18/h4-8,13H,9,16H2,1-3H3. The number of aromatic nitrogens is 2. The van der Waals surface area contributed by atoms with Crippen LogP contribution >= 0.6 is 0 Å². The van der Waals surface area contributed by atoms with E-state index >= 15 is 0 Å². The molecule has 2 N–H and O–H groups in total. The van der Waals surface area contributed by atoms with Gasteiger partial charge in [0.25, 0.3) is 5.56 Å². The predicted molar refractivity (Wildman–Crippen MR) is 77.9 cm³/mol. The number of nitrogens with two attached hydrogens (primary N) is 1. The second kappa shape index (κ2) is 5.88. The fraction of sp³-hybridized carbons (Fsp3) is 0.333. The molecule has 5 heteroatoms. The monoisotopic (exact) mass is 273 g/mol. The fourth-order valence-corrected chi connectivity index (χ4v) is 2.09. The summed E-state index contributed by atoms with van der Waals surface area (Å²) in [4.78, 5) is 11.8. The molecule has 1 heterocycles. The highest BCUT2D eigenvalue weighted by Crippen LogP contribution is 2.25. The second-order valence-corrected chi connectivity index (χ2v) is 4.91. The summed E-state index contributed by atoms with van der Waals surface area (Å²) < 4.78 is 6.70. The first kappa shape index (κ1) is 14.3. The molecule has 106 valence electrons. The van der Waals surface area contributed by atoms with Crippen LogP contribution in [0.5, 0.6) is 5.75 Å². The van der Waals surface area contributed by atoms with Crippen molar-refractivity contribution in [3.8, 4) is 5.75 Å². The molecule has 0 bridgehead atoms. The van der Waals surface area contributed by atoms with Gasteiger partial charge in [0, 0.05) is 11.6 Å². The number of ether oxygens (including phenoxy) is 1. The van der Waals surface area contributed by atoms with Crippen molar-refractivity contribution in [2.45, 2.75) is 26.4 Å². The summed E-state index contributed by atoms with van der Waals surface area (Å²) in [6, 6.07) is 7.02. The molecule has 0 radical (unpaired) electrons. The molecule has 1 aromatic heterocycles. The smallest absolute Gasteiger partial charge is 0.267 e. The molecule has 0 aliphatic carbocycles. The van der Waals surface area contributed by atoms with Gasteiger partial charge in [-0.1, -0.05) is 17.7 Å². The van der Waals surface area contributed by atoms with Gasteiger partial charge in [0.2, 0.25) is 0 Å². The number of hydrogen-bond acceptors (Lipinski definition) is 4. The van der Waals surface area contributed by atoms with Gasteiger partial charge in [0.05, 0.1) is 25.9 Å². The van der Waals surface area contributed by atoms with Crippen molar-refractivity contribution in [3.63, 3.8) is 0 Å². The maximum Gasteiger partial charge on any atom is 0.267 e. The molecular formula is C15H19N3O2. The Morgan fingerprint density at radius 3 is 2.70 bits per heavy atom. The lowest BCUT2D eigenvalue weighted by Crippen LogP contribution is -2.28. The third kappa shape index (κ3) is 3.05. The molecule has 0 spiro atoms. The summed E-state index contributed by atoms with van der Waals surface area (Å²) in [5, 5.41) is 4.10. The lowest BCUT2D eigenvalue weighted by atomic mass is 10.0.